The number of benzene rings is 1. The first-order valence-electron chi connectivity index (χ1n) is 5.64. The Balaban J connectivity index is 2.48. The Bertz CT molecular complexity index is 784. The molecule has 9 heteroatoms. The standard InChI is InChI=1S/C12H10BrCl2N3O2S/c1-16-12-11(4-7(13)6-17-12)21(19,20)18-10-5-8(14)2-3-9(10)15/h2-6,18H,1H3,(H,16,17). The Morgan fingerprint density at radius 2 is 1.95 bits per heavy atom. The van der Waals surface area contributed by atoms with Crippen LogP contribution in [0.3, 0.4) is 0 Å². The molecule has 1 aromatic heterocycles. The largest absolute Gasteiger partial charge is 0.372 e. The fourth-order valence-electron chi connectivity index (χ4n) is 1.59. The lowest BCUT2D eigenvalue weighted by Crippen LogP contribution is -2.15. The SMILES string of the molecule is CNc1ncc(Br)cc1S(=O)(=O)Nc1cc(Cl)ccc1Cl. The highest BCUT2D eigenvalue weighted by molar-refractivity contribution is 9.10. The summed E-state index contributed by atoms with van der Waals surface area (Å²) in [7, 11) is -2.28. The third kappa shape index (κ3) is 3.79. The molecule has 1 heterocycles. The molecule has 0 fully saturated rings. The lowest BCUT2D eigenvalue weighted by atomic mass is 10.3. The normalized spacial score (nSPS) is 11.2. The van der Waals surface area contributed by atoms with E-state index in [1.165, 1.54) is 24.4 Å². The van der Waals surface area contributed by atoms with Crippen molar-refractivity contribution < 1.29 is 8.42 Å². The van der Waals surface area contributed by atoms with Crippen LogP contribution in [0.15, 0.2) is 39.8 Å². The molecule has 0 radical (unpaired) electrons. The van der Waals surface area contributed by atoms with Gasteiger partial charge in [0.25, 0.3) is 10.0 Å². The molecule has 0 unspecified atom stereocenters. The van der Waals surface area contributed by atoms with E-state index in [1.54, 1.807) is 13.1 Å². The number of hydrogen-bond acceptors (Lipinski definition) is 4. The van der Waals surface area contributed by atoms with Crippen LogP contribution >= 0.6 is 39.1 Å². The predicted octanol–water partition coefficient (Wildman–Crippen LogP) is 3.99. The number of nitrogens with zero attached hydrogens (tertiary/aromatic N) is 1. The van der Waals surface area contributed by atoms with E-state index in [2.05, 4.69) is 31.0 Å². The van der Waals surface area contributed by atoms with Crippen LogP contribution in [-0.4, -0.2) is 20.4 Å². The van der Waals surface area contributed by atoms with Crippen molar-refractivity contribution in [3.05, 3.63) is 45.0 Å². The van der Waals surface area contributed by atoms with Crippen molar-refractivity contribution in [2.45, 2.75) is 4.90 Å². The summed E-state index contributed by atoms with van der Waals surface area (Å²) in [5.74, 6) is 0.226. The van der Waals surface area contributed by atoms with Crippen LogP contribution in [0, 0.1) is 0 Å². The number of pyridine rings is 1. The molecule has 0 saturated carbocycles. The summed E-state index contributed by atoms with van der Waals surface area (Å²) in [6.07, 6.45) is 1.50. The van der Waals surface area contributed by atoms with Gasteiger partial charge < -0.3 is 5.32 Å². The highest BCUT2D eigenvalue weighted by atomic mass is 79.9. The zero-order valence-corrected chi connectivity index (χ0v) is 14.6. The lowest BCUT2D eigenvalue weighted by Gasteiger charge is -2.13. The van der Waals surface area contributed by atoms with E-state index >= 15 is 0 Å². The van der Waals surface area contributed by atoms with Gasteiger partial charge in [0.15, 0.2) is 0 Å². The van der Waals surface area contributed by atoms with Crippen LogP contribution < -0.4 is 10.0 Å². The Hall–Kier alpha value is -1.02. The van der Waals surface area contributed by atoms with Gasteiger partial charge >= 0.3 is 0 Å². The van der Waals surface area contributed by atoms with Gasteiger partial charge in [-0.2, -0.15) is 0 Å². The molecule has 2 aromatic rings. The molecular formula is C12H10BrCl2N3O2S. The second-order valence-corrected chi connectivity index (χ2v) is 7.39. The van der Waals surface area contributed by atoms with Gasteiger partial charge in [0, 0.05) is 22.7 Å². The Kier molecular flexibility index (Phi) is 4.98. The highest BCUT2D eigenvalue weighted by Gasteiger charge is 2.21. The smallest absolute Gasteiger partial charge is 0.265 e. The molecule has 0 aliphatic carbocycles. The van der Waals surface area contributed by atoms with Crippen molar-refractivity contribution >= 4 is 60.7 Å². The number of sulfonamides is 1. The van der Waals surface area contributed by atoms with Crippen molar-refractivity contribution in [1.29, 1.82) is 0 Å². The van der Waals surface area contributed by atoms with Gasteiger partial charge in [-0.05, 0) is 40.2 Å². The molecule has 1 aromatic carbocycles. The van der Waals surface area contributed by atoms with E-state index in [0.717, 1.165) is 0 Å². The van der Waals surface area contributed by atoms with Crippen molar-refractivity contribution in [2.75, 3.05) is 17.1 Å². The third-order valence-electron chi connectivity index (χ3n) is 2.52. The van der Waals surface area contributed by atoms with E-state index in [-0.39, 0.29) is 21.4 Å². The first-order chi connectivity index (χ1) is 9.83. The quantitative estimate of drug-likeness (QED) is 0.799. The molecule has 0 spiro atoms. The molecule has 21 heavy (non-hydrogen) atoms. The predicted molar refractivity (Wildman–Crippen MR) is 88.8 cm³/mol. The first kappa shape index (κ1) is 16.4. The van der Waals surface area contributed by atoms with Crippen LogP contribution in [0.1, 0.15) is 0 Å². The summed E-state index contributed by atoms with van der Waals surface area (Å²) in [5.41, 5.74) is 0.200. The third-order valence-corrected chi connectivity index (χ3v) is 4.90. The van der Waals surface area contributed by atoms with Crippen LogP contribution in [0.5, 0.6) is 0 Å². The fourth-order valence-corrected chi connectivity index (χ4v) is 3.72. The molecule has 0 aliphatic rings. The number of hydrogen-bond donors (Lipinski definition) is 2. The van der Waals surface area contributed by atoms with Crippen LogP contribution in [0.2, 0.25) is 10.0 Å². The fraction of sp³-hybridized carbons (Fsp3) is 0.0833. The number of halogens is 3. The van der Waals surface area contributed by atoms with Crippen molar-refractivity contribution in [3.63, 3.8) is 0 Å². The molecule has 5 nitrogen and oxygen atoms in total. The van der Waals surface area contributed by atoms with Crippen LogP contribution in [0.4, 0.5) is 11.5 Å². The highest BCUT2D eigenvalue weighted by Crippen LogP contribution is 2.30. The maximum atomic E-state index is 12.5. The van der Waals surface area contributed by atoms with E-state index in [4.69, 9.17) is 23.2 Å². The average molecular weight is 411 g/mol. The molecule has 2 rings (SSSR count). The number of nitrogens with one attached hydrogen (secondary N) is 2. The monoisotopic (exact) mass is 409 g/mol. The lowest BCUT2D eigenvalue weighted by molar-refractivity contribution is 0.601. The van der Waals surface area contributed by atoms with Gasteiger partial charge in [-0.25, -0.2) is 13.4 Å². The van der Waals surface area contributed by atoms with Gasteiger partial charge in [0.05, 0.1) is 10.7 Å². The van der Waals surface area contributed by atoms with E-state index in [9.17, 15) is 8.42 Å². The molecule has 0 saturated heterocycles. The maximum absolute atomic E-state index is 12.5. The zero-order valence-electron chi connectivity index (χ0n) is 10.7. The summed E-state index contributed by atoms with van der Waals surface area (Å²) in [4.78, 5) is 4.00. The van der Waals surface area contributed by atoms with Crippen molar-refractivity contribution in [3.8, 4) is 0 Å². The van der Waals surface area contributed by atoms with Crippen LogP contribution in [-0.2, 0) is 10.0 Å². The van der Waals surface area contributed by atoms with Crippen molar-refractivity contribution in [1.82, 2.24) is 4.98 Å². The van der Waals surface area contributed by atoms with Gasteiger partial charge in [0.1, 0.15) is 10.7 Å². The van der Waals surface area contributed by atoms with Gasteiger partial charge in [-0.1, -0.05) is 23.2 Å². The molecule has 0 amide bonds. The summed E-state index contributed by atoms with van der Waals surface area (Å²) in [6, 6.07) is 5.97. The Labute approximate surface area is 140 Å². The van der Waals surface area contributed by atoms with E-state index < -0.39 is 10.0 Å². The van der Waals surface area contributed by atoms with Gasteiger partial charge in [-0.3, -0.25) is 4.72 Å². The Morgan fingerprint density at radius 3 is 2.62 bits per heavy atom. The Morgan fingerprint density at radius 1 is 1.24 bits per heavy atom. The molecule has 0 aliphatic heterocycles. The average Bonchev–Trinajstić information content (AvgIpc) is 2.42. The minimum atomic E-state index is -3.87. The molecule has 0 bridgehead atoms. The number of anilines is 2. The summed E-state index contributed by atoms with van der Waals surface area (Å²) < 4.78 is 27.9. The van der Waals surface area contributed by atoms with Crippen molar-refractivity contribution in [2.24, 2.45) is 0 Å². The summed E-state index contributed by atoms with van der Waals surface area (Å²) >= 11 is 15.0. The van der Waals surface area contributed by atoms with Crippen LogP contribution in [0.25, 0.3) is 0 Å². The first-order valence-corrected chi connectivity index (χ1v) is 8.68. The molecular weight excluding hydrogens is 401 g/mol. The minimum absolute atomic E-state index is 0.00424. The molecule has 112 valence electrons. The number of aromatic nitrogens is 1. The maximum Gasteiger partial charge on any atom is 0.265 e. The summed E-state index contributed by atoms with van der Waals surface area (Å²) in [6.45, 7) is 0. The van der Waals surface area contributed by atoms with E-state index in [0.29, 0.717) is 9.50 Å². The molecule has 2 N–H and O–H groups in total. The minimum Gasteiger partial charge on any atom is -0.372 e. The summed E-state index contributed by atoms with van der Waals surface area (Å²) in [5, 5.41) is 3.35. The topological polar surface area (TPSA) is 71.1 Å². The second-order valence-electron chi connectivity index (χ2n) is 3.98. The molecule has 0 atom stereocenters. The second kappa shape index (κ2) is 6.39. The van der Waals surface area contributed by atoms with Gasteiger partial charge in [0.2, 0.25) is 0 Å². The van der Waals surface area contributed by atoms with Gasteiger partial charge in [-0.15, -0.1) is 0 Å². The van der Waals surface area contributed by atoms with E-state index in [1.807, 2.05) is 0 Å². The zero-order chi connectivity index (χ0) is 15.6. The number of rotatable bonds is 4.